The number of aryl methyl sites for hydroxylation is 1. The predicted molar refractivity (Wildman–Crippen MR) is 79.9 cm³/mol. The Morgan fingerprint density at radius 2 is 2.00 bits per heavy atom. The summed E-state index contributed by atoms with van der Waals surface area (Å²) in [5.74, 6) is -2.06. The maximum Gasteiger partial charge on any atom is 0.307 e. The normalized spacial score (nSPS) is 30.5. The standard InChI is InChI=1S/C16H21N3O3/c1-8(12-7-17-19(3)9(12)2)18-15(20)13-10-4-5-11(6-10)14(13)16(21)22/h4-5,7-8,10-11,13-14H,6H2,1-3H3,(H,18,20)(H,21,22)/t8-,10+,11+,13+,14+/m1/s1. The lowest BCUT2D eigenvalue weighted by Gasteiger charge is -2.25. The van der Waals surface area contributed by atoms with Crippen molar-refractivity contribution >= 4 is 11.9 Å². The van der Waals surface area contributed by atoms with E-state index in [0.29, 0.717) is 0 Å². The highest BCUT2D eigenvalue weighted by Gasteiger charge is 2.51. The molecule has 6 heteroatoms. The molecule has 5 atom stereocenters. The molecule has 118 valence electrons. The summed E-state index contributed by atoms with van der Waals surface area (Å²) in [4.78, 5) is 24.1. The fraction of sp³-hybridized carbons (Fsp3) is 0.562. The highest BCUT2D eigenvalue weighted by Crippen LogP contribution is 2.48. The highest BCUT2D eigenvalue weighted by atomic mass is 16.4. The fourth-order valence-electron chi connectivity index (χ4n) is 3.84. The molecular weight excluding hydrogens is 282 g/mol. The van der Waals surface area contributed by atoms with E-state index in [0.717, 1.165) is 17.7 Å². The molecule has 0 aliphatic heterocycles. The van der Waals surface area contributed by atoms with E-state index in [4.69, 9.17) is 0 Å². The molecule has 3 rings (SSSR count). The van der Waals surface area contributed by atoms with Gasteiger partial charge in [-0.05, 0) is 32.1 Å². The van der Waals surface area contributed by atoms with Crippen molar-refractivity contribution in [1.82, 2.24) is 15.1 Å². The van der Waals surface area contributed by atoms with E-state index in [9.17, 15) is 14.7 Å². The van der Waals surface area contributed by atoms with E-state index in [1.807, 2.05) is 33.0 Å². The zero-order valence-electron chi connectivity index (χ0n) is 13.0. The summed E-state index contributed by atoms with van der Waals surface area (Å²) in [6.45, 7) is 3.85. The number of carboxylic acids is 1. The molecule has 22 heavy (non-hydrogen) atoms. The third kappa shape index (κ3) is 2.23. The third-order valence-electron chi connectivity index (χ3n) is 5.15. The first-order chi connectivity index (χ1) is 10.4. The molecule has 2 bridgehead atoms. The van der Waals surface area contributed by atoms with Crippen molar-refractivity contribution in [2.24, 2.45) is 30.7 Å². The van der Waals surface area contributed by atoms with Gasteiger partial charge >= 0.3 is 5.97 Å². The number of fused-ring (bicyclic) bond motifs is 2. The molecule has 1 fully saturated rings. The lowest BCUT2D eigenvalue weighted by atomic mass is 9.82. The second-order valence-electron chi connectivity index (χ2n) is 6.38. The fourth-order valence-corrected chi connectivity index (χ4v) is 3.84. The van der Waals surface area contributed by atoms with Crippen LogP contribution >= 0.6 is 0 Å². The van der Waals surface area contributed by atoms with E-state index in [1.54, 1.807) is 10.9 Å². The van der Waals surface area contributed by atoms with Gasteiger partial charge < -0.3 is 10.4 Å². The van der Waals surface area contributed by atoms with E-state index in [1.165, 1.54) is 0 Å². The molecule has 0 unspecified atom stereocenters. The van der Waals surface area contributed by atoms with E-state index < -0.39 is 17.8 Å². The first-order valence-electron chi connectivity index (χ1n) is 7.60. The molecule has 6 nitrogen and oxygen atoms in total. The molecule has 1 aromatic heterocycles. The molecular formula is C16H21N3O3. The van der Waals surface area contributed by atoms with Crippen molar-refractivity contribution in [3.8, 4) is 0 Å². The second kappa shape index (κ2) is 5.26. The van der Waals surface area contributed by atoms with Gasteiger partial charge in [-0.1, -0.05) is 12.2 Å². The maximum atomic E-state index is 12.6. The maximum absolute atomic E-state index is 12.6. The van der Waals surface area contributed by atoms with E-state index in [2.05, 4.69) is 10.4 Å². The summed E-state index contributed by atoms with van der Waals surface area (Å²) in [6, 6.07) is -0.182. The van der Waals surface area contributed by atoms with Crippen LogP contribution in [0.25, 0.3) is 0 Å². The molecule has 0 radical (unpaired) electrons. The molecule has 1 heterocycles. The topological polar surface area (TPSA) is 84.2 Å². The van der Waals surface area contributed by atoms with Gasteiger partial charge in [0.25, 0.3) is 0 Å². The van der Waals surface area contributed by atoms with Gasteiger partial charge in [-0.25, -0.2) is 0 Å². The number of amides is 1. The number of aliphatic carboxylic acids is 1. The zero-order valence-corrected chi connectivity index (χ0v) is 13.0. The van der Waals surface area contributed by atoms with Gasteiger partial charge in [0.15, 0.2) is 0 Å². The molecule has 1 amide bonds. The van der Waals surface area contributed by atoms with Crippen LogP contribution in [0.4, 0.5) is 0 Å². The minimum absolute atomic E-state index is 0.00585. The van der Waals surface area contributed by atoms with Gasteiger partial charge in [-0.2, -0.15) is 5.10 Å². The van der Waals surface area contributed by atoms with Crippen LogP contribution < -0.4 is 5.32 Å². The predicted octanol–water partition coefficient (Wildman–Crippen LogP) is 1.43. The van der Waals surface area contributed by atoms with Crippen LogP contribution in [0.5, 0.6) is 0 Å². The molecule has 0 saturated heterocycles. The quantitative estimate of drug-likeness (QED) is 0.824. The Hall–Kier alpha value is -2.11. The average Bonchev–Trinajstić information content (AvgIpc) is 3.14. The van der Waals surface area contributed by atoms with Crippen LogP contribution in [0.15, 0.2) is 18.3 Å². The Balaban J connectivity index is 1.75. The summed E-state index contributed by atoms with van der Waals surface area (Å²) in [5, 5.41) is 16.6. The monoisotopic (exact) mass is 303 g/mol. The number of nitrogens with one attached hydrogen (secondary N) is 1. The van der Waals surface area contributed by atoms with E-state index >= 15 is 0 Å². The van der Waals surface area contributed by atoms with Crippen LogP contribution in [0.1, 0.15) is 30.6 Å². The third-order valence-corrected chi connectivity index (χ3v) is 5.15. The summed E-state index contributed by atoms with van der Waals surface area (Å²) >= 11 is 0. The van der Waals surface area contributed by atoms with Crippen molar-refractivity contribution in [2.45, 2.75) is 26.3 Å². The minimum Gasteiger partial charge on any atom is -0.481 e. The zero-order chi connectivity index (χ0) is 16.0. The van der Waals surface area contributed by atoms with Crippen molar-refractivity contribution < 1.29 is 14.7 Å². The van der Waals surface area contributed by atoms with Crippen molar-refractivity contribution in [1.29, 1.82) is 0 Å². The summed E-state index contributed by atoms with van der Waals surface area (Å²) in [7, 11) is 1.86. The number of hydrogen-bond acceptors (Lipinski definition) is 3. The van der Waals surface area contributed by atoms with Crippen molar-refractivity contribution in [3.05, 3.63) is 29.6 Å². The SMILES string of the molecule is Cc1c([C@@H](C)NC(=O)[C@@H]2[C@@H](C(=O)O)[C@H]3C=C[C@H]2C3)cnn1C. The smallest absolute Gasteiger partial charge is 0.307 e. The summed E-state index contributed by atoms with van der Waals surface area (Å²) < 4.78 is 1.76. The first kappa shape index (κ1) is 14.8. The van der Waals surface area contributed by atoms with Gasteiger partial charge in [0, 0.05) is 18.3 Å². The van der Waals surface area contributed by atoms with Crippen LogP contribution in [0.2, 0.25) is 0 Å². The average molecular weight is 303 g/mol. The van der Waals surface area contributed by atoms with Gasteiger partial charge in [-0.15, -0.1) is 0 Å². The number of aromatic nitrogens is 2. The lowest BCUT2D eigenvalue weighted by Crippen LogP contribution is -2.41. The minimum atomic E-state index is -0.873. The Kier molecular flexibility index (Phi) is 3.54. The molecule has 2 aliphatic rings. The van der Waals surface area contributed by atoms with Crippen LogP contribution in [-0.4, -0.2) is 26.8 Å². The van der Waals surface area contributed by atoms with Gasteiger partial charge in [-0.3, -0.25) is 14.3 Å². The molecule has 0 spiro atoms. The number of nitrogens with zero attached hydrogens (tertiary/aromatic N) is 2. The molecule has 2 aliphatic carbocycles. The number of carbonyl (C=O) groups excluding carboxylic acids is 1. The van der Waals surface area contributed by atoms with Crippen molar-refractivity contribution in [2.75, 3.05) is 0 Å². The van der Waals surface area contributed by atoms with Gasteiger partial charge in [0.1, 0.15) is 0 Å². The van der Waals surface area contributed by atoms with E-state index in [-0.39, 0.29) is 23.8 Å². The highest BCUT2D eigenvalue weighted by molar-refractivity contribution is 5.87. The van der Waals surface area contributed by atoms with Crippen LogP contribution in [-0.2, 0) is 16.6 Å². The lowest BCUT2D eigenvalue weighted by molar-refractivity contribution is -0.148. The number of hydrogen-bond donors (Lipinski definition) is 2. The Labute approximate surface area is 129 Å². The largest absolute Gasteiger partial charge is 0.481 e. The first-order valence-corrected chi connectivity index (χ1v) is 7.60. The van der Waals surface area contributed by atoms with Crippen molar-refractivity contribution in [3.63, 3.8) is 0 Å². The number of carboxylic acid groups (broad SMARTS) is 1. The molecule has 1 saturated carbocycles. The number of rotatable bonds is 4. The summed E-state index contributed by atoms with van der Waals surface area (Å²) in [5.41, 5.74) is 1.96. The van der Waals surface area contributed by atoms with Gasteiger partial charge in [0.05, 0.1) is 24.1 Å². The second-order valence-corrected chi connectivity index (χ2v) is 6.38. The number of carbonyl (C=O) groups is 2. The molecule has 2 N–H and O–H groups in total. The number of allylic oxidation sites excluding steroid dienone is 2. The van der Waals surface area contributed by atoms with Crippen LogP contribution in [0, 0.1) is 30.6 Å². The summed E-state index contributed by atoms with van der Waals surface area (Å²) in [6.07, 6.45) is 6.46. The molecule has 1 aromatic rings. The van der Waals surface area contributed by atoms with Crippen LogP contribution in [0.3, 0.4) is 0 Å². The Morgan fingerprint density at radius 3 is 2.55 bits per heavy atom. The van der Waals surface area contributed by atoms with Gasteiger partial charge in [0.2, 0.25) is 5.91 Å². The Morgan fingerprint density at radius 1 is 1.36 bits per heavy atom. The molecule has 0 aromatic carbocycles. The Bertz CT molecular complexity index is 649.